The molecule has 0 saturated heterocycles. The Morgan fingerprint density at radius 3 is 2.11 bits per heavy atom. The lowest BCUT2D eigenvalue weighted by molar-refractivity contribution is 0.166. The smallest absolute Gasteiger partial charge is 0.0790 e. The molecule has 0 aliphatic heterocycles. The lowest BCUT2D eigenvalue weighted by Crippen LogP contribution is -1.97. The summed E-state index contributed by atoms with van der Waals surface area (Å²) >= 11 is 0. The van der Waals surface area contributed by atoms with Crippen LogP contribution >= 0.6 is 0 Å². The van der Waals surface area contributed by atoms with Crippen LogP contribution in [0.25, 0.3) is 0 Å². The minimum Gasteiger partial charge on any atom is -0.388 e. The fraction of sp³-hybridized carbons (Fsp3) is 0.294. The van der Waals surface area contributed by atoms with Gasteiger partial charge in [0.05, 0.1) is 6.10 Å². The summed E-state index contributed by atoms with van der Waals surface area (Å²) in [5.74, 6) is 0. The number of hydrogen-bond donors (Lipinski definition) is 1. The van der Waals surface area contributed by atoms with E-state index >= 15 is 0 Å². The first-order valence-electron chi connectivity index (χ1n) is 6.60. The van der Waals surface area contributed by atoms with Crippen molar-refractivity contribution in [2.45, 2.75) is 32.3 Å². The van der Waals surface area contributed by atoms with Crippen molar-refractivity contribution in [2.24, 2.45) is 0 Å². The van der Waals surface area contributed by atoms with E-state index in [1.807, 2.05) is 18.2 Å². The van der Waals surface area contributed by atoms with Gasteiger partial charge in [0.1, 0.15) is 0 Å². The maximum atomic E-state index is 9.90. The number of rotatable bonds is 5. The van der Waals surface area contributed by atoms with Crippen LogP contribution in [0, 0.1) is 0 Å². The molecule has 2 rings (SSSR count). The van der Waals surface area contributed by atoms with Crippen molar-refractivity contribution in [3.05, 3.63) is 71.3 Å². The zero-order valence-corrected chi connectivity index (χ0v) is 10.8. The van der Waals surface area contributed by atoms with Gasteiger partial charge in [-0.15, -0.1) is 0 Å². The predicted octanol–water partition coefficient (Wildman–Crippen LogP) is 4.11. The molecule has 18 heavy (non-hydrogen) atoms. The minimum absolute atomic E-state index is 0.319. The molecular formula is C17H20O. The largest absolute Gasteiger partial charge is 0.388 e. The van der Waals surface area contributed by atoms with Gasteiger partial charge in [0.15, 0.2) is 0 Å². The first kappa shape index (κ1) is 12.8. The molecule has 94 valence electrons. The van der Waals surface area contributed by atoms with Gasteiger partial charge in [-0.05, 0) is 29.5 Å². The van der Waals surface area contributed by atoms with Crippen LogP contribution < -0.4 is 0 Å². The van der Waals surface area contributed by atoms with Crippen molar-refractivity contribution in [1.29, 1.82) is 0 Å². The van der Waals surface area contributed by atoms with Gasteiger partial charge in [-0.1, -0.05) is 67.9 Å². The van der Waals surface area contributed by atoms with E-state index in [1.54, 1.807) is 0 Å². The number of aliphatic hydroxyl groups excluding tert-OH is 1. The van der Waals surface area contributed by atoms with Crippen LogP contribution in [-0.2, 0) is 6.42 Å². The standard InChI is InChI=1S/C17H20O/c1-2-6-17(18)16-11-9-15(10-12-16)13-14-7-4-3-5-8-14/h3-5,7-12,17-18H,2,6,13H2,1H3. The van der Waals surface area contributed by atoms with Gasteiger partial charge < -0.3 is 5.11 Å². The van der Waals surface area contributed by atoms with Crippen molar-refractivity contribution in [3.8, 4) is 0 Å². The Kier molecular flexibility index (Phi) is 4.54. The summed E-state index contributed by atoms with van der Waals surface area (Å²) in [6.45, 7) is 2.09. The summed E-state index contributed by atoms with van der Waals surface area (Å²) in [5.41, 5.74) is 3.63. The maximum Gasteiger partial charge on any atom is 0.0790 e. The Balaban J connectivity index is 2.04. The minimum atomic E-state index is -0.319. The zero-order valence-electron chi connectivity index (χ0n) is 10.8. The van der Waals surface area contributed by atoms with Gasteiger partial charge in [0.2, 0.25) is 0 Å². The second-order valence-corrected chi connectivity index (χ2v) is 4.71. The first-order chi connectivity index (χ1) is 8.79. The molecule has 2 aromatic carbocycles. The second kappa shape index (κ2) is 6.36. The van der Waals surface area contributed by atoms with Gasteiger partial charge in [-0.2, -0.15) is 0 Å². The van der Waals surface area contributed by atoms with Gasteiger partial charge in [0, 0.05) is 0 Å². The zero-order chi connectivity index (χ0) is 12.8. The van der Waals surface area contributed by atoms with Crippen LogP contribution in [0.5, 0.6) is 0 Å². The lowest BCUT2D eigenvalue weighted by Gasteiger charge is -2.10. The molecule has 0 aromatic heterocycles. The van der Waals surface area contributed by atoms with E-state index in [9.17, 15) is 5.11 Å². The molecule has 1 heteroatoms. The lowest BCUT2D eigenvalue weighted by atomic mass is 10.0. The molecule has 2 aromatic rings. The highest BCUT2D eigenvalue weighted by atomic mass is 16.3. The normalized spacial score (nSPS) is 12.3. The highest BCUT2D eigenvalue weighted by Crippen LogP contribution is 2.19. The summed E-state index contributed by atoms with van der Waals surface area (Å²) in [7, 11) is 0. The molecule has 0 radical (unpaired) electrons. The quantitative estimate of drug-likeness (QED) is 0.833. The molecule has 0 fully saturated rings. The van der Waals surface area contributed by atoms with E-state index in [-0.39, 0.29) is 6.10 Å². The van der Waals surface area contributed by atoms with Crippen molar-refractivity contribution < 1.29 is 5.11 Å². The molecule has 1 unspecified atom stereocenters. The van der Waals surface area contributed by atoms with E-state index in [1.165, 1.54) is 11.1 Å². The molecule has 0 saturated carbocycles. The fourth-order valence-corrected chi connectivity index (χ4v) is 2.13. The van der Waals surface area contributed by atoms with E-state index < -0.39 is 0 Å². The van der Waals surface area contributed by atoms with Crippen LogP contribution in [0.3, 0.4) is 0 Å². The third-order valence-electron chi connectivity index (χ3n) is 3.18. The molecule has 0 spiro atoms. The predicted molar refractivity (Wildman–Crippen MR) is 75.6 cm³/mol. The molecule has 0 heterocycles. The average Bonchev–Trinajstić information content (AvgIpc) is 2.41. The summed E-state index contributed by atoms with van der Waals surface area (Å²) in [6.07, 6.45) is 2.47. The Bertz CT molecular complexity index is 459. The topological polar surface area (TPSA) is 20.2 Å². The highest BCUT2D eigenvalue weighted by Gasteiger charge is 2.05. The first-order valence-corrected chi connectivity index (χ1v) is 6.60. The van der Waals surface area contributed by atoms with Crippen molar-refractivity contribution in [2.75, 3.05) is 0 Å². The molecular weight excluding hydrogens is 220 g/mol. The summed E-state index contributed by atoms with van der Waals surface area (Å²) in [6, 6.07) is 18.7. The SMILES string of the molecule is CCCC(O)c1ccc(Cc2ccccc2)cc1. The van der Waals surface area contributed by atoms with Gasteiger partial charge in [0.25, 0.3) is 0 Å². The van der Waals surface area contributed by atoms with Crippen LogP contribution in [-0.4, -0.2) is 5.11 Å². The van der Waals surface area contributed by atoms with E-state index in [0.29, 0.717) is 0 Å². The van der Waals surface area contributed by atoms with Crippen LogP contribution in [0.1, 0.15) is 42.6 Å². The molecule has 0 aliphatic rings. The summed E-state index contributed by atoms with van der Waals surface area (Å²) in [5, 5.41) is 9.90. The van der Waals surface area contributed by atoms with Crippen LogP contribution in [0.15, 0.2) is 54.6 Å². The molecule has 1 nitrogen and oxygen atoms in total. The van der Waals surface area contributed by atoms with Crippen molar-refractivity contribution >= 4 is 0 Å². The molecule has 1 atom stereocenters. The third-order valence-corrected chi connectivity index (χ3v) is 3.18. The van der Waals surface area contributed by atoms with Gasteiger partial charge in [-0.25, -0.2) is 0 Å². The highest BCUT2D eigenvalue weighted by molar-refractivity contribution is 5.29. The average molecular weight is 240 g/mol. The molecule has 0 aliphatic carbocycles. The number of aliphatic hydroxyl groups is 1. The number of hydrogen-bond acceptors (Lipinski definition) is 1. The van der Waals surface area contributed by atoms with Crippen molar-refractivity contribution in [1.82, 2.24) is 0 Å². The molecule has 0 amide bonds. The van der Waals surface area contributed by atoms with Gasteiger partial charge >= 0.3 is 0 Å². The van der Waals surface area contributed by atoms with E-state index in [0.717, 1.165) is 24.8 Å². The van der Waals surface area contributed by atoms with E-state index in [4.69, 9.17) is 0 Å². The van der Waals surface area contributed by atoms with E-state index in [2.05, 4.69) is 43.3 Å². The maximum absolute atomic E-state index is 9.90. The van der Waals surface area contributed by atoms with Crippen LogP contribution in [0.4, 0.5) is 0 Å². The second-order valence-electron chi connectivity index (χ2n) is 4.71. The van der Waals surface area contributed by atoms with Gasteiger partial charge in [-0.3, -0.25) is 0 Å². The number of benzene rings is 2. The summed E-state index contributed by atoms with van der Waals surface area (Å²) < 4.78 is 0. The summed E-state index contributed by atoms with van der Waals surface area (Å²) in [4.78, 5) is 0. The Hall–Kier alpha value is -1.60. The Morgan fingerprint density at radius 1 is 0.889 bits per heavy atom. The van der Waals surface area contributed by atoms with Crippen molar-refractivity contribution in [3.63, 3.8) is 0 Å². The third kappa shape index (κ3) is 3.44. The van der Waals surface area contributed by atoms with Crippen LogP contribution in [0.2, 0.25) is 0 Å². The Morgan fingerprint density at radius 2 is 1.50 bits per heavy atom. The molecule has 0 bridgehead atoms. The Labute approximate surface area is 109 Å². The fourth-order valence-electron chi connectivity index (χ4n) is 2.13. The monoisotopic (exact) mass is 240 g/mol. The molecule has 1 N–H and O–H groups in total.